The van der Waals surface area contributed by atoms with E-state index in [4.69, 9.17) is 9.26 Å². The number of hydrogen-bond donors (Lipinski definition) is 1. The molecule has 1 aromatic heterocycles. The summed E-state index contributed by atoms with van der Waals surface area (Å²) in [5.41, 5.74) is 3.36. The van der Waals surface area contributed by atoms with E-state index >= 15 is 0 Å². The Balaban J connectivity index is 1.39. The van der Waals surface area contributed by atoms with E-state index in [9.17, 15) is 9.18 Å². The molecule has 6 nitrogen and oxygen atoms in total. The third-order valence-electron chi connectivity index (χ3n) is 4.63. The van der Waals surface area contributed by atoms with E-state index in [2.05, 4.69) is 15.5 Å². The van der Waals surface area contributed by atoms with Gasteiger partial charge in [-0.3, -0.25) is 4.79 Å². The molecule has 0 spiro atoms. The fourth-order valence-corrected chi connectivity index (χ4v) is 2.87. The normalized spacial score (nSPS) is 11.7. The topological polar surface area (TPSA) is 77.2 Å². The van der Waals surface area contributed by atoms with Gasteiger partial charge in [0, 0.05) is 16.8 Å². The molecule has 0 bridgehead atoms. The quantitative estimate of drug-likeness (QED) is 0.463. The first kappa shape index (κ1) is 20.3. The van der Waals surface area contributed by atoms with E-state index in [1.807, 2.05) is 31.2 Å². The van der Waals surface area contributed by atoms with Crippen LogP contribution in [-0.4, -0.2) is 22.2 Å². The lowest BCUT2D eigenvalue weighted by Crippen LogP contribution is -2.30. The number of ether oxygens (including phenoxy) is 1. The molecule has 3 aromatic carbocycles. The average molecular weight is 417 g/mol. The predicted octanol–water partition coefficient (Wildman–Crippen LogP) is 5.26. The van der Waals surface area contributed by atoms with Crippen molar-refractivity contribution in [2.75, 3.05) is 5.32 Å². The Morgan fingerprint density at radius 1 is 0.968 bits per heavy atom. The smallest absolute Gasteiger partial charge is 0.265 e. The van der Waals surface area contributed by atoms with E-state index in [-0.39, 0.29) is 11.7 Å². The maximum absolute atomic E-state index is 13.0. The Morgan fingerprint density at radius 2 is 1.61 bits per heavy atom. The van der Waals surface area contributed by atoms with Crippen molar-refractivity contribution in [3.63, 3.8) is 0 Å². The second-order valence-corrected chi connectivity index (χ2v) is 7.07. The third kappa shape index (κ3) is 4.95. The lowest BCUT2D eigenvalue weighted by Gasteiger charge is -2.14. The van der Waals surface area contributed by atoms with Gasteiger partial charge in [0.05, 0.1) is 0 Å². The zero-order valence-corrected chi connectivity index (χ0v) is 17.0. The van der Waals surface area contributed by atoms with Crippen molar-refractivity contribution >= 4 is 11.6 Å². The van der Waals surface area contributed by atoms with Crippen molar-refractivity contribution < 1.29 is 18.4 Å². The fourth-order valence-electron chi connectivity index (χ4n) is 2.87. The van der Waals surface area contributed by atoms with Crippen LogP contribution in [0.5, 0.6) is 5.75 Å². The highest BCUT2D eigenvalue weighted by atomic mass is 19.1. The van der Waals surface area contributed by atoms with Crippen molar-refractivity contribution in [3.05, 3.63) is 84.2 Å². The Labute approximate surface area is 178 Å². The first-order valence-electron chi connectivity index (χ1n) is 9.72. The van der Waals surface area contributed by atoms with Crippen LogP contribution in [-0.2, 0) is 4.79 Å². The molecule has 4 rings (SSSR count). The molecule has 0 radical (unpaired) electrons. The number of halogens is 1. The second-order valence-electron chi connectivity index (χ2n) is 7.07. The van der Waals surface area contributed by atoms with Crippen molar-refractivity contribution in [2.45, 2.75) is 20.0 Å². The molecule has 1 amide bonds. The minimum atomic E-state index is -0.752. The molecule has 0 aliphatic rings. The van der Waals surface area contributed by atoms with Gasteiger partial charge in [0.25, 0.3) is 11.8 Å². The largest absolute Gasteiger partial charge is 0.481 e. The van der Waals surface area contributed by atoms with Gasteiger partial charge in [-0.25, -0.2) is 4.39 Å². The minimum absolute atomic E-state index is 0.323. The van der Waals surface area contributed by atoms with Crippen LogP contribution in [0.15, 0.2) is 77.3 Å². The van der Waals surface area contributed by atoms with Gasteiger partial charge in [-0.05, 0) is 62.4 Å². The molecule has 1 atom stereocenters. The monoisotopic (exact) mass is 417 g/mol. The number of nitrogens with one attached hydrogen (secondary N) is 1. The van der Waals surface area contributed by atoms with Gasteiger partial charge in [-0.1, -0.05) is 35.0 Å². The van der Waals surface area contributed by atoms with E-state index in [0.717, 1.165) is 16.7 Å². The van der Waals surface area contributed by atoms with Crippen molar-refractivity contribution in [3.8, 4) is 28.6 Å². The van der Waals surface area contributed by atoms with Crippen molar-refractivity contribution in [2.24, 2.45) is 0 Å². The molecule has 0 saturated heterocycles. The summed E-state index contributed by atoms with van der Waals surface area (Å²) in [5.74, 6) is 0.633. The van der Waals surface area contributed by atoms with E-state index in [1.165, 1.54) is 24.3 Å². The molecule has 31 heavy (non-hydrogen) atoms. The second kappa shape index (κ2) is 8.79. The van der Waals surface area contributed by atoms with Crippen molar-refractivity contribution in [1.29, 1.82) is 0 Å². The molecular weight excluding hydrogens is 397 g/mol. The Bertz CT molecular complexity index is 1170. The van der Waals surface area contributed by atoms with Gasteiger partial charge in [0.1, 0.15) is 11.6 Å². The summed E-state index contributed by atoms with van der Waals surface area (Å²) in [7, 11) is 0. The van der Waals surface area contributed by atoms with E-state index < -0.39 is 6.10 Å². The summed E-state index contributed by atoms with van der Waals surface area (Å²) in [6, 6.07) is 20.4. The third-order valence-corrected chi connectivity index (χ3v) is 4.63. The summed E-state index contributed by atoms with van der Waals surface area (Å²) in [5, 5.41) is 6.82. The number of carbonyl (C=O) groups excluding carboxylic acids is 1. The van der Waals surface area contributed by atoms with Crippen LogP contribution in [0, 0.1) is 12.7 Å². The van der Waals surface area contributed by atoms with Crippen LogP contribution in [0.1, 0.15) is 12.5 Å². The minimum Gasteiger partial charge on any atom is -0.481 e. The highest BCUT2D eigenvalue weighted by Crippen LogP contribution is 2.24. The standard InChI is InChI=1S/C24H20FN3O3/c1-15-3-5-17(6-4-15)22-27-24(31-28-22)18-7-11-20(12-8-18)26-23(29)16(2)30-21-13-9-19(25)10-14-21/h3-14,16H,1-2H3,(H,26,29)/t16-/m0/s1. The predicted molar refractivity (Wildman–Crippen MR) is 115 cm³/mol. The maximum atomic E-state index is 13.0. The highest BCUT2D eigenvalue weighted by molar-refractivity contribution is 5.94. The Hall–Kier alpha value is -4.00. The SMILES string of the molecule is Cc1ccc(-c2noc(-c3ccc(NC(=O)[C@H](C)Oc4ccc(F)cc4)cc3)n2)cc1. The molecule has 0 fully saturated rings. The summed E-state index contributed by atoms with van der Waals surface area (Å²) in [4.78, 5) is 16.8. The summed E-state index contributed by atoms with van der Waals surface area (Å²) in [6.07, 6.45) is -0.752. The first-order chi connectivity index (χ1) is 15.0. The number of carbonyl (C=O) groups is 1. The van der Waals surface area contributed by atoms with Crippen LogP contribution in [0.25, 0.3) is 22.8 Å². The molecule has 0 aliphatic carbocycles. The number of aryl methyl sites for hydroxylation is 1. The van der Waals surface area contributed by atoms with Crippen LogP contribution in [0.4, 0.5) is 10.1 Å². The van der Waals surface area contributed by atoms with E-state index in [1.54, 1.807) is 31.2 Å². The van der Waals surface area contributed by atoms with E-state index in [0.29, 0.717) is 23.2 Å². The van der Waals surface area contributed by atoms with Crippen LogP contribution in [0.3, 0.4) is 0 Å². The zero-order chi connectivity index (χ0) is 21.8. The van der Waals surface area contributed by atoms with Gasteiger partial charge in [0.2, 0.25) is 5.82 Å². The first-order valence-corrected chi connectivity index (χ1v) is 9.72. The summed E-state index contributed by atoms with van der Waals surface area (Å²) in [6.45, 7) is 3.64. The molecule has 1 N–H and O–H groups in total. The molecule has 156 valence electrons. The van der Waals surface area contributed by atoms with Gasteiger partial charge < -0.3 is 14.6 Å². The number of amides is 1. The number of aromatic nitrogens is 2. The van der Waals surface area contributed by atoms with Gasteiger partial charge in [0.15, 0.2) is 6.10 Å². The molecule has 0 aliphatic heterocycles. The van der Waals surface area contributed by atoms with Crippen LogP contribution in [0.2, 0.25) is 0 Å². The summed E-state index contributed by atoms with van der Waals surface area (Å²) >= 11 is 0. The molecule has 0 saturated carbocycles. The maximum Gasteiger partial charge on any atom is 0.265 e. The van der Waals surface area contributed by atoms with Crippen LogP contribution < -0.4 is 10.1 Å². The Kier molecular flexibility index (Phi) is 5.75. The average Bonchev–Trinajstić information content (AvgIpc) is 3.26. The van der Waals surface area contributed by atoms with Crippen LogP contribution >= 0.6 is 0 Å². The number of rotatable bonds is 6. The number of anilines is 1. The van der Waals surface area contributed by atoms with Gasteiger partial charge in [-0.2, -0.15) is 4.98 Å². The molecule has 0 unspecified atom stereocenters. The lowest BCUT2D eigenvalue weighted by molar-refractivity contribution is -0.122. The molecule has 7 heteroatoms. The molecule has 4 aromatic rings. The lowest BCUT2D eigenvalue weighted by atomic mass is 10.1. The van der Waals surface area contributed by atoms with Gasteiger partial charge in [-0.15, -0.1) is 0 Å². The van der Waals surface area contributed by atoms with Gasteiger partial charge >= 0.3 is 0 Å². The molecular formula is C24H20FN3O3. The highest BCUT2D eigenvalue weighted by Gasteiger charge is 2.16. The fraction of sp³-hybridized carbons (Fsp3) is 0.125. The number of nitrogens with zero attached hydrogens (tertiary/aromatic N) is 2. The Morgan fingerprint density at radius 3 is 2.29 bits per heavy atom. The zero-order valence-electron chi connectivity index (χ0n) is 17.0. The number of benzene rings is 3. The summed E-state index contributed by atoms with van der Waals surface area (Å²) < 4.78 is 23.9. The van der Waals surface area contributed by atoms with Crippen molar-refractivity contribution in [1.82, 2.24) is 10.1 Å². The number of hydrogen-bond acceptors (Lipinski definition) is 5. The molecule has 1 heterocycles.